The van der Waals surface area contributed by atoms with E-state index in [4.69, 9.17) is 5.73 Å². The highest BCUT2D eigenvalue weighted by molar-refractivity contribution is 7.10. The van der Waals surface area contributed by atoms with Crippen LogP contribution in [-0.2, 0) is 6.54 Å². The molecule has 0 radical (unpaired) electrons. The van der Waals surface area contributed by atoms with Crippen LogP contribution in [0.25, 0.3) is 11.1 Å². The second-order valence-electron chi connectivity index (χ2n) is 4.28. The van der Waals surface area contributed by atoms with Gasteiger partial charge in [-0.1, -0.05) is 17.7 Å². The summed E-state index contributed by atoms with van der Waals surface area (Å²) in [6.07, 6.45) is 0. The second-order valence-corrected chi connectivity index (χ2v) is 5.28. The molecule has 0 aliphatic carbocycles. The lowest BCUT2D eigenvalue weighted by atomic mass is 9.95. The Morgan fingerprint density at radius 3 is 2.19 bits per heavy atom. The average Bonchev–Trinajstić information content (AvgIpc) is 2.64. The van der Waals surface area contributed by atoms with Gasteiger partial charge >= 0.3 is 0 Å². The third-order valence-corrected chi connectivity index (χ3v) is 3.78. The van der Waals surface area contributed by atoms with Crippen LogP contribution in [0.4, 0.5) is 0 Å². The fourth-order valence-electron chi connectivity index (χ4n) is 2.25. The first-order valence-corrected chi connectivity index (χ1v) is 6.35. The standard InChI is InChI=1S/C14H17NS/c1-9-4-10(2)14(11(3)5-9)12-6-13(7-15)16-8-12/h4-6,8H,7,15H2,1-3H3. The van der Waals surface area contributed by atoms with E-state index in [9.17, 15) is 0 Å². The number of hydrogen-bond donors (Lipinski definition) is 1. The maximum Gasteiger partial charge on any atom is 0.0274 e. The van der Waals surface area contributed by atoms with Crippen LogP contribution >= 0.6 is 11.3 Å². The van der Waals surface area contributed by atoms with Crippen molar-refractivity contribution in [1.82, 2.24) is 0 Å². The highest BCUT2D eigenvalue weighted by atomic mass is 32.1. The Morgan fingerprint density at radius 1 is 1.06 bits per heavy atom. The molecule has 0 unspecified atom stereocenters. The van der Waals surface area contributed by atoms with Gasteiger partial charge in [0.15, 0.2) is 0 Å². The largest absolute Gasteiger partial charge is 0.326 e. The summed E-state index contributed by atoms with van der Waals surface area (Å²) in [5, 5.41) is 2.20. The molecule has 84 valence electrons. The zero-order chi connectivity index (χ0) is 11.7. The monoisotopic (exact) mass is 231 g/mol. The van der Waals surface area contributed by atoms with Gasteiger partial charge < -0.3 is 5.73 Å². The molecule has 0 aliphatic heterocycles. The maximum absolute atomic E-state index is 5.65. The van der Waals surface area contributed by atoms with Gasteiger partial charge in [0, 0.05) is 11.4 Å². The lowest BCUT2D eigenvalue weighted by molar-refractivity contribution is 1.11. The quantitative estimate of drug-likeness (QED) is 0.836. The lowest BCUT2D eigenvalue weighted by Gasteiger charge is -2.09. The van der Waals surface area contributed by atoms with Gasteiger partial charge in [0.05, 0.1) is 0 Å². The SMILES string of the molecule is Cc1cc(C)c(-c2csc(CN)c2)c(C)c1. The molecule has 0 atom stereocenters. The molecule has 0 spiro atoms. The van der Waals surface area contributed by atoms with Crippen molar-refractivity contribution >= 4 is 11.3 Å². The Morgan fingerprint density at radius 2 is 1.69 bits per heavy atom. The molecule has 2 heteroatoms. The molecule has 16 heavy (non-hydrogen) atoms. The third kappa shape index (κ3) is 2.04. The number of rotatable bonds is 2. The highest BCUT2D eigenvalue weighted by Gasteiger charge is 2.08. The Kier molecular flexibility index (Phi) is 3.13. The van der Waals surface area contributed by atoms with Crippen molar-refractivity contribution in [2.24, 2.45) is 5.73 Å². The molecule has 1 aromatic heterocycles. The van der Waals surface area contributed by atoms with Crippen LogP contribution in [0.15, 0.2) is 23.6 Å². The topological polar surface area (TPSA) is 26.0 Å². The minimum Gasteiger partial charge on any atom is -0.326 e. The summed E-state index contributed by atoms with van der Waals surface area (Å²) in [6.45, 7) is 7.13. The predicted octanol–water partition coefficient (Wildman–Crippen LogP) is 3.80. The van der Waals surface area contributed by atoms with E-state index < -0.39 is 0 Å². The van der Waals surface area contributed by atoms with Gasteiger partial charge in [-0.3, -0.25) is 0 Å². The van der Waals surface area contributed by atoms with Gasteiger partial charge in [0.25, 0.3) is 0 Å². The van der Waals surface area contributed by atoms with Crippen molar-refractivity contribution in [3.63, 3.8) is 0 Å². The van der Waals surface area contributed by atoms with E-state index in [0.717, 1.165) is 0 Å². The summed E-state index contributed by atoms with van der Waals surface area (Å²) in [6, 6.07) is 6.68. The van der Waals surface area contributed by atoms with Gasteiger partial charge in [-0.15, -0.1) is 11.3 Å². The van der Waals surface area contributed by atoms with E-state index in [1.165, 1.54) is 32.7 Å². The second kappa shape index (κ2) is 4.40. The Hall–Kier alpha value is -1.12. The molecule has 0 bridgehead atoms. The maximum atomic E-state index is 5.65. The summed E-state index contributed by atoms with van der Waals surface area (Å²) in [7, 11) is 0. The minimum atomic E-state index is 0.634. The molecular formula is C14H17NS. The van der Waals surface area contributed by atoms with E-state index >= 15 is 0 Å². The van der Waals surface area contributed by atoms with Crippen molar-refractivity contribution < 1.29 is 0 Å². The lowest BCUT2D eigenvalue weighted by Crippen LogP contribution is -1.92. The predicted molar refractivity (Wildman–Crippen MR) is 71.9 cm³/mol. The highest BCUT2D eigenvalue weighted by Crippen LogP contribution is 2.31. The van der Waals surface area contributed by atoms with Crippen LogP contribution in [0.1, 0.15) is 21.6 Å². The van der Waals surface area contributed by atoms with Crippen LogP contribution in [0.3, 0.4) is 0 Å². The molecule has 1 nitrogen and oxygen atoms in total. The van der Waals surface area contributed by atoms with Crippen LogP contribution < -0.4 is 5.73 Å². The summed E-state index contributed by atoms with van der Waals surface area (Å²) in [4.78, 5) is 1.24. The molecule has 2 aromatic rings. The average molecular weight is 231 g/mol. The summed E-state index contributed by atoms with van der Waals surface area (Å²) < 4.78 is 0. The van der Waals surface area contributed by atoms with Gasteiger partial charge in [-0.05, 0) is 54.5 Å². The zero-order valence-electron chi connectivity index (χ0n) is 10.0. The molecule has 1 heterocycles. The number of hydrogen-bond acceptors (Lipinski definition) is 2. The Bertz CT molecular complexity index is 488. The fraction of sp³-hybridized carbons (Fsp3) is 0.286. The molecule has 0 amide bonds. The number of aryl methyl sites for hydroxylation is 3. The first-order valence-electron chi connectivity index (χ1n) is 5.47. The normalized spacial score (nSPS) is 10.8. The number of benzene rings is 1. The number of nitrogens with two attached hydrogens (primary N) is 1. The van der Waals surface area contributed by atoms with E-state index in [1.807, 2.05) is 0 Å². The van der Waals surface area contributed by atoms with Gasteiger partial charge in [-0.2, -0.15) is 0 Å². The summed E-state index contributed by atoms with van der Waals surface area (Å²) >= 11 is 1.74. The fourth-order valence-corrected chi connectivity index (χ4v) is 3.01. The molecule has 0 fully saturated rings. The zero-order valence-corrected chi connectivity index (χ0v) is 10.8. The van der Waals surface area contributed by atoms with E-state index in [2.05, 4.69) is 44.4 Å². The first kappa shape index (κ1) is 11.4. The molecular weight excluding hydrogens is 214 g/mol. The summed E-state index contributed by atoms with van der Waals surface area (Å²) in [5.41, 5.74) is 12.3. The van der Waals surface area contributed by atoms with Gasteiger partial charge in [0.2, 0.25) is 0 Å². The van der Waals surface area contributed by atoms with Crippen molar-refractivity contribution in [3.8, 4) is 11.1 Å². The molecule has 0 aliphatic rings. The van der Waals surface area contributed by atoms with Crippen LogP contribution in [-0.4, -0.2) is 0 Å². The van der Waals surface area contributed by atoms with Crippen LogP contribution in [0.5, 0.6) is 0 Å². The third-order valence-electron chi connectivity index (χ3n) is 2.82. The van der Waals surface area contributed by atoms with E-state index in [1.54, 1.807) is 11.3 Å². The molecule has 2 rings (SSSR count). The smallest absolute Gasteiger partial charge is 0.0274 e. The van der Waals surface area contributed by atoms with Crippen molar-refractivity contribution in [1.29, 1.82) is 0 Å². The van der Waals surface area contributed by atoms with Crippen LogP contribution in [0.2, 0.25) is 0 Å². The number of thiophene rings is 1. The molecule has 0 saturated heterocycles. The van der Waals surface area contributed by atoms with Crippen molar-refractivity contribution in [2.45, 2.75) is 27.3 Å². The molecule has 2 N–H and O–H groups in total. The van der Waals surface area contributed by atoms with Crippen LogP contribution in [0, 0.1) is 20.8 Å². The molecule has 1 aromatic carbocycles. The van der Waals surface area contributed by atoms with Gasteiger partial charge in [0.1, 0.15) is 0 Å². The van der Waals surface area contributed by atoms with E-state index in [0.29, 0.717) is 6.54 Å². The minimum absolute atomic E-state index is 0.634. The first-order chi connectivity index (χ1) is 7.61. The van der Waals surface area contributed by atoms with Crippen molar-refractivity contribution in [2.75, 3.05) is 0 Å². The van der Waals surface area contributed by atoms with Crippen molar-refractivity contribution in [3.05, 3.63) is 45.1 Å². The summed E-state index contributed by atoms with van der Waals surface area (Å²) in [5.74, 6) is 0. The Labute approximate surface area is 101 Å². The Balaban J connectivity index is 2.55. The molecule has 0 saturated carbocycles. The van der Waals surface area contributed by atoms with Gasteiger partial charge in [-0.25, -0.2) is 0 Å². The van der Waals surface area contributed by atoms with E-state index in [-0.39, 0.29) is 0 Å².